The molecule has 1 atom stereocenters. The minimum atomic E-state index is 0.0213. The van der Waals surface area contributed by atoms with Crippen molar-refractivity contribution in [1.82, 2.24) is 0 Å². The Labute approximate surface area is 154 Å². The highest BCUT2D eigenvalue weighted by atomic mass is 16.5. The topological polar surface area (TPSA) is 44.8 Å². The van der Waals surface area contributed by atoms with Gasteiger partial charge in [0.15, 0.2) is 0 Å². The van der Waals surface area contributed by atoms with Gasteiger partial charge in [-0.2, -0.15) is 0 Å². The van der Waals surface area contributed by atoms with Gasteiger partial charge in [-0.3, -0.25) is 4.79 Å². The number of para-hydroxylation sites is 1. The van der Waals surface area contributed by atoms with Crippen LogP contribution in [0.5, 0.6) is 0 Å². The molecule has 1 saturated heterocycles. The quantitative estimate of drug-likeness (QED) is 0.919. The van der Waals surface area contributed by atoms with Crippen molar-refractivity contribution in [2.45, 2.75) is 12.8 Å². The van der Waals surface area contributed by atoms with Crippen LogP contribution in [-0.4, -0.2) is 45.3 Å². The number of amides is 1. The number of hydrogen-bond donors (Lipinski definition) is 1. The molecule has 2 aliphatic rings. The lowest BCUT2D eigenvalue weighted by molar-refractivity contribution is -0.115. The van der Waals surface area contributed by atoms with E-state index in [9.17, 15) is 4.79 Å². The van der Waals surface area contributed by atoms with E-state index >= 15 is 0 Å². The first-order valence-electron chi connectivity index (χ1n) is 9.27. The molecule has 2 aromatic carbocycles. The lowest BCUT2D eigenvalue weighted by atomic mass is 10.0. The van der Waals surface area contributed by atoms with Crippen LogP contribution in [0.25, 0.3) is 0 Å². The number of rotatable bonds is 4. The highest BCUT2D eigenvalue weighted by Crippen LogP contribution is 2.35. The zero-order valence-corrected chi connectivity index (χ0v) is 15.1. The molecule has 2 heterocycles. The smallest absolute Gasteiger partial charge is 0.243 e. The number of ether oxygens (including phenoxy) is 1. The van der Waals surface area contributed by atoms with Crippen LogP contribution in [0.3, 0.4) is 0 Å². The standard InChI is InChI=1S/C21H25N3O2/c1-16-14-24(20-5-3-2-4-19(16)20)15-21(25)22-17-6-8-18(9-7-17)23-10-12-26-13-11-23/h2-9,16H,10-15H2,1H3,(H,22,25). The average molecular weight is 351 g/mol. The van der Waals surface area contributed by atoms with Gasteiger partial charge in [-0.1, -0.05) is 25.1 Å². The minimum absolute atomic E-state index is 0.0213. The van der Waals surface area contributed by atoms with Crippen LogP contribution in [0.15, 0.2) is 48.5 Å². The summed E-state index contributed by atoms with van der Waals surface area (Å²) in [4.78, 5) is 17.0. The summed E-state index contributed by atoms with van der Waals surface area (Å²) < 4.78 is 5.39. The molecule has 136 valence electrons. The van der Waals surface area contributed by atoms with E-state index in [0.29, 0.717) is 12.5 Å². The van der Waals surface area contributed by atoms with E-state index in [1.165, 1.54) is 16.9 Å². The largest absolute Gasteiger partial charge is 0.378 e. The molecule has 1 unspecified atom stereocenters. The predicted octanol–water partition coefficient (Wildman–Crippen LogP) is 3.09. The van der Waals surface area contributed by atoms with Crippen molar-refractivity contribution in [3.63, 3.8) is 0 Å². The monoisotopic (exact) mass is 351 g/mol. The van der Waals surface area contributed by atoms with E-state index in [0.717, 1.165) is 38.5 Å². The molecule has 4 rings (SSSR count). The van der Waals surface area contributed by atoms with Crippen LogP contribution in [-0.2, 0) is 9.53 Å². The van der Waals surface area contributed by atoms with Crippen molar-refractivity contribution >= 4 is 23.0 Å². The number of carbonyl (C=O) groups is 1. The zero-order valence-electron chi connectivity index (χ0n) is 15.1. The van der Waals surface area contributed by atoms with Gasteiger partial charge < -0.3 is 19.9 Å². The van der Waals surface area contributed by atoms with Gasteiger partial charge in [-0.05, 0) is 35.9 Å². The summed E-state index contributed by atoms with van der Waals surface area (Å²) in [6.07, 6.45) is 0. The first-order valence-corrected chi connectivity index (χ1v) is 9.27. The Morgan fingerprint density at radius 1 is 1.12 bits per heavy atom. The number of hydrogen-bond acceptors (Lipinski definition) is 4. The fraction of sp³-hybridized carbons (Fsp3) is 0.381. The summed E-state index contributed by atoms with van der Waals surface area (Å²) in [7, 11) is 0. The van der Waals surface area contributed by atoms with Crippen LogP contribution in [0.2, 0.25) is 0 Å². The second kappa shape index (κ2) is 7.38. The van der Waals surface area contributed by atoms with Crippen molar-refractivity contribution in [2.75, 3.05) is 54.5 Å². The van der Waals surface area contributed by atoms with Gasteiger partial charge in [0.1, 0.15) is 0 Å². The molecule has 0 radical (unpaired) electrons. The first kappa shape index (κ1) is 16.9. The number of fused-ring (bicyclic) bond motifs is 1. The highest BCUT2D eigenvalue weighted by Gasteiger charge is 2.26. The van der Waals surface area contributed by atoms with Gasteiger partial charge in [-0.25, -0.2) is 0 Å². The molecular weight excluding hydrogens is 326 g/mol. The maximum absolute atomic E-state index is 12.5. The summed E-state index contributed by atoms with van der Waals surface area (Å²) in [6, 6.07) is 16.4. The number of nitrogens with zero attached hydrogens (tertiary/aromatic N) is 2. The van der Waals surface area contributed by atoms with Crippen LogP contribution in [0, 0.1) is 0 Å². The summed E-state index contributed by atoms with van der Waals surface area (Å²) in [5.74, 6) is 0.486. The predicted molar refractivity (Wildman–Crippen MR) is 105 cm³/mol. The summed E-state index contributed by atoms with van der Waals surface area (Å²) in [5.41, 5.74) is 4.52. The van der Waals surface area contributed by atoms with Crippen molar-refractivity contribution in [2.24, 2.45) is 0 Å². The molecule has 2 aliphatic heterocycles. The number of anilines is 3. The third-order valence-corrected chi connectivity index (χ3v) is 5.16. The van der Waals surface area contributed by atoms with Crippen LogP contribution in [0.1, 0.15) is 18.4 Å². The average Bonchev–Trinajstić information content (AvgIpc) is 2.99. The van der Waals surface area contributed by atoms with Gasteiger partial charge in [0, 0.05) is 42.6 Å². The molecule has 5 nitrogen and oxygen atoms in total. The first-order chi connectivity index (χ1) is 12.7. The number of nitrogens with one attached hydrogen (secondary N) is 1. The van der Waals surface area contributed by atoms with E-state index in [1.807, 2.05) is 18.2 Å². The molecule has 0 aromatic heterocycles. The van der Waals surface area contributed by atoms with Gasteiger partial charge in [-0.15, -0.1) is 0 Å². The molecule has 0 bridgehead atoms. The summed E-state index contributed by atoms with van der Waals surface area (Å²) in [6.45, 7) is 6.86. The highest BCUT2D eigenvalue weighted by molar-refractivity contribution is 5.94. The van der Waals surface area contributed by atoms with Gasteiger partial charge in [0.25, 0.3) is 0 Å². The fourth-order valence-electron chi connectivity index (χ4n) is 3.82. The van der Waals surface area contributed by atoms with Crippen molar-refractivity contribution in [1.29, 1.82) is 0 Å². The van der Waals surface area contributed by atoms with Crippen molar-refractivity contribution in [3.8, 4) is 0 Å². The van der Waals surface area contributed by atoms with Crippen molar-refractivity contribution < 1.29 is 9.53 Å². The third-order valence-electron chi connectivity index (χ3n) is 5.16. The molecule has 0 aliphatic carbocycles. The Kier molecular flexibility index (Phi) is 4.80. The second-order valence-electron chi connectivity index (χ2n) is 7.03. The normalized spacial score (nSPS) is 19.3. The summed E-state index contributed by atoms with van der Waals surface area (Å²) in [5, 5.41) is 3.02. The maximum Gasteiger partial charge on any atom is 0.243 e. The SMILES string of the molecule is CC1CN(CC(=O)Nc2ccc(N3CCOCC3)cc2)c2ccccc21. The van der Waals surface area contributed by atoms with Gasteiger partial charge in [0.2, 0.25) is 5.91 Å². The number of benzene rings is 2. The van der Waals surface area contributed by atoms with E-state index in [2.05, 4.69) is 52.4 Å². The zero-order chi connectivity index (χ0) is 17.9. The fourth-order valence-corrected chi connectivity index (χ4v) is 3.82. The summed E-state index contributed by atoms with van der Waals surface area (Å²) >= 11 is 0. The lowest BCUT2D eigenvalue weighted by Gasteiger charge is -2.29. The van der Waals surface area contributed by atoms with Crippen LogP contribution >= 0.6 is 0 Å². The van der Waals surface area contributed by atoms with E-state index in [1.54, 1.807) is 0 Å². The Balaban J connectivity index is 1.36. The Morgan fingerprint density at radius 3 is 2.62 bits per heavy atom. The van der Waals surface area contributed by atoms with Crippen LogP contribution in [0.4, 0.5) is 17.1 Å². The maximum atomic E-state index is 12.5. The van der Waals surface area contributed by atoms with Gasteiger partial charge in [0.05, 0.1) is 19.8 Å². The molecule has 1 amide bonds. The van der Waals surface area contributed by atoms with Crippen molar-refractivity contribution in [3.05, 3.63) is 54.1 Å². The molecular formula is C21H25N3O2. The number of morpholine rings is 1. The molecule has 2 aromatic rings. The Hall–Kier alpha value is -2.53. The van der Waals surface area contributed by atoms with E-state index in [4.69, 9.17) is 4.74 Å². The molecule has 26 heavy (non-hydrogen) atoms. The number of carbonyl (C=O) groups excluding carboxylic acids is 1. The molecule has 0 saturated carbocycles. The Bertz CT molecular complexity index is 769. The molecule has 1 N–H and O–H groups in total. The molecule has 5 heteroatoms. The Morgan fingerprint density at radius 2 is 1.85 bits per heavy atom. The lowest BCUT2D eigenvalue weighted by Crippen LogP contribution is -2.36. The van der Waals surface area contributed by atoms with E-state index in [-0.39, 0.29) is 5.91 Å². The van der Waals surface area contributed by atoms with Gasteiger partial charge >= 0.3 is 0 Å². The van der Waals surface area contributed by atoms with E-state index < -0.39 is 0 Å². The molecule has 0 spiro atoms. The molecule has 1 fully saturated rings. The minimum Gasteiger partial charge on any atom is -0.378 e. The third kappa shape index (κ3) is 3.53. The van der Waals surface area contributed by atoms with Crippen LogP contribution < -0.4 is 15.1 Å². The second-order valence-corrected chi connectivity index (χ2v) is 7.03.